The van der Waals surface area contributed by atoms with Crippen LogP contribution in [0.5, 0.6) is 5.75 Å². The lowest BCUT2D eigenvalue weighted by atomic mass is 10.1. The number of hydrogen-bond donors (Lipinski definition) is 0. The molecule has 0 saturated carbocycles. The summed E-state index contributed by atoms with van der Waals surface area (Å²) in [5.74, 6) is 7.26. The number of amides is 1. The number of nitrogens with zero attached hydrogens (tertiary/aromatic N) is 2. The molecule has 38 heavy (non-hydrogen) atoms. The molecule has 0 N–H and O–H groups in total. The van der Waals surface area contributed by atoms with Crippen LogP contribution in [-0.2, 0) is 4.74 Å². The van der Waals surface area contributed by atoms with Crippen molar-refractivity contribution in [3.63, 3.8) is 0 Å². The second-order valence-electron chi connectivity index (χ2n) is 9.71. The summed E-state index contributed by atoms with van der Waals surface area (Å²) in [6, 6.07) is 16.5. The molecule has 1 fully saturated rings. The molecule has 0 atom stereocenters. The first-order chi connectivity index (χ1) is 18.7. The van der Waals surface area contributed by atoms with E-state index in [4.69, 9.17) is 9.47 Å². The maximum Gasteiger partial charge on any atom is 0.409 e. The second kappa shape index (κ2) is 17.2. The van der Waals surface area contributed by atoms with Crippen LogP contribution in [0.15, 0.2) is 54.6 Å². The molecular formula is C33H44N2O3. The summed E-state index contributed by atoms with van der Waals surface area (Å²) in [5.41, 5.74) is 3.24. The van der Waals surface area contributed by atoms with Crippen molar-refractivity contribution in [1.82, 2.24) is 4.90 Å². The molecule has 1 aliphatic heterocycles. The minimum absolute atomic E-state index is 0.218. The maximum absolute atomic E-state index is 11.9. The quantitative estimate of drug-likeness (QED) is 0.204. The predicted molar refractivity (Wildman–Crippen MR) is 158 cm³/mol. The van der Waals surface area contributed by atoms with Gasteiger partial charge in [0.05, 0.1) is 13.2 Å². The average molecular weight is 517 g/mol. The third-order valence-corrected chi connectivity index (χ3v) is 6.76. The highest BCUT2D eigenvalue weighted by Crippen LogP contribution is 2.18. The molecule has 5 nitrogen and oxygen atoms in total. The minimum atomic E-state index is -0.218. The van der Waals surface area contributed by atoms with Gasteiger partial charge in [-0.15, -0.1) is 0 Å². The molecule has 5 heteroatoms. The zero-order chi connectivity index (χ0) is 26.8. The van der Waals surface area contributed by atoms with Crippen molar-refractivity contribution in [2.24, 2.45) is 0 Å². The van der Waals surface area contributed by atoms with Gasteiger partial charge < -0.3 is 19.3 Å². The lowest BCUT2D eigenvalue weighted by molar-refractivity contribution is 0.105. The van der Waals surface area contributed by atoms with E-state index in [-0.39, 0.29) is 6.09 Å². The van der Waals surface area contributed by atoms with Gasteiger partial charge in [-0.3, -0.25) is 0 Å². The van der Waals surface area contributed by atoms with Crippen molar-refractivity contribution < 1.29 is 14.3 Å². The smallest absolute Gasteiger partial charge is 0.409 e. The van der Waals surface area contributed by atoms with Crippen LogP contribution in [-0.4, -0.2) is 50.4 Å². The molecule has 1 heterocycles. The van der Waals surface area contributed by atoms with E-state index < -0.39 is 0 Å². The molecule has 0 bridgehead atoms. The third-order valence-electron chi connectivity index (χ3n) is 6.76. The van der Waals surface area contributed by atoms with Crippen molar-refractivity contribution in [2.75, 3.05) is 44.3 Å². The van der Waals surface area contributed by atoms with Crippen LogP contribution in [0.25, 0.3) is 6.08 Å². The van der Waals surface area contributed by atoms with Crippen LogP contribution < -0.4 is 9.64 Å². The fourth-order valence-corrected chi connectivity index (χ4v) is 4.48. The number of allylic oxidation sites excluding steroid dienone is 1. The highest BCUT2D eigenvalue weighted by molar-refractivity contribution is 5.68. The van der Waals surface area contributed by atoms with Crippen molar-refractivity contribution in [1.29, 1.82) is 0 Å². The molecule has 1 saturated heterocycles. The zero-order valence-corrected chi connectivity index (χ0v) is 23.3. The SMILES string of the molecule is CCCCCCCCCCOc1ccc(/C=C/C#Cc2ccc(N3CCN(C(=O)OCC)CC3)cc2)cc1. The Balaban J connectivity index is 1.35. The van der Waals surface area contributed by atoms with E-state index >= 15 is 0 Å². The molecule has 0 unspecified atom stereocenters. The highest BCUT2D eigenvalue weighted by atomic mass is 16.6. The Hall–Kier alpha value is -3.39. The molecule has 3 rings (SSSR count). The maximum atomic E-state index is 11.9. The lowest BCUT2D eigenvalue weighted by Crippen LogP contribution is -2.49. The van der Waals surface area contributed by atoms with Crippen molar-refractivity contribution in [3.05, 3.63) is 65.7 Å². The Labute approximate surface area is 229 Å². The number of benzene rings is 2. The van der Waals surface area contributed by atoms with E-state index in [1.807, 2.05) is 43.3 Å². The van der Waals surface area contributed by atoms with Crippen LogP contribution in [0.3, 0.4) is 0 Å². The van der Waals surface area contributed by atoms with Crippen LogP contribution in [0.4, 0.5) is 10.5 Å². The molecule has 204 valence electrons. The van der Waals surface area contributed by atoms with Gasteiger partial charge in [-0.05, 0) is 67.5 Å². The topological polar surface area (TPSA) is 42.0 Å². The van der Waals surface area contributed by atoms with Gasteiger partial charge in [0, 0.05) is 37.4 Å². The average Bonchev–Trinajstić information content (AvgIpc) is 2.96. The number of rotatable bonds is 13. The molecule has 1 amide bonds. The van der Waals surface area contributed by atoms with Gasteiger partial charge in [-0.1, -0.05) is 75.8 Å². The van der Waals surface area contributed by atoms with Gasteiger partial charge in [0.25, 0.3) is 0 Å². The van der Waals surface area contributed by atoms with Gasteiger partial charge in [0.2, 0.25) is 0 Å². The summed E-state index contributed by atoms with van der Waals surface area (Å²) in [4.78, 5) is 15.9. The molecule has 0 radical (unpaired) electrons. The van der Waals surface area contributed by atoms with Gasteiger partial charge >= 0.3 is 6.09 Å². The molecule has 0 aliphatic carbocycles. The summed E-state index contributed by atoms with van der Waals surface area (Å²) < 4.78 is 11.0. The van der Waals surface area contributed by atoms with E-state index in [0.29, 0.717) is 19.7 Å². The first-order valence-electron chi connectivity index (χ1n) is 14.4. The number of hydrogen-bond acceptors (Lipinski definition) is 4. The lowest BCUT2D eigenvalue weighted by Gasteiger charge is -2.35. The highest BCUT2D eigenvalue weighted by Gasteiger charge is 2.21. The van der Waals surface area contributed by atoms with Crippen LogP contribution in [0.2, 0.25) is 0 Å². The largest absolute Gasteiger partial charge is 0.494 e. The van der Waals surface area contributed by atoms with Gasteiger partial charge in [0.15, 0.2) is 0 Å². The summed E-state index contributed by atoms with van der Waals surface area (Å²) in [5, 5.41) is 0. The normalized spacial score (nSPS) is 13.3. The minimum Gasteiger partial charge on any atom is -0.494 e. The Morgan fingerprint density at radius 3 is 2.16 bits per heavy atom. The van der Waals surface area contributed by atoms with Crippen molar-refractivity contribution in [2.45, 2.75) is 65.2 Å². The van der Waals surface area contributed by atoms with Crippen LogP contribution in [0.1, 0.15) is 76.3 Å². The molecular weight excluding hydrogens is 472 g/mol. The summed E-state index contributed by atoms with van der Waals surface area (Å²) >= 11 is 0. The Morgan fingerprint density at radius 2 is 1.50 bits per heavy atom. The number of ether oxygens (including phenoxy) is 2. The Kier molecular flexibility index (Phi) is 13.2. The van der Waals surface area contributed by atoms with Gasteiger partial charge in [-0.25, -0.2) is 4.79 Å². The van der Waals surface area contributed by atoms with E-state index in [2.05, 4.69) is 47.9 Å². The van der Waals surface area contributed by atoms with E-state index in [1.165, 1.54) is 44.9 Å². The second-order valence-corrected chi connectivity index (χ2v) is 9.71. The number of carbonyl (C=O) groups excluding carboxylic acids is 1. The first-order valence-corrected chi connectivity index (χ1v) is 14.4. The van der Waals surface area contributed by atoms with Gasteiger partial charge in [-0.2, -0.15) is 0 Å². The fourth-order valence-electron chi connectivity index (χ4n) is 4.48. The fraction of sp³-hybridized carbons (Fsp3) is 0.485. The van der Waals surface area contributed by atoms with E-state index in [1.54, 1.807) is 4.90 Å². The van der Waals surface area contributed by atoms with Crippen molar-refractivity contribution >= 4 is 17.9 Å². The number of carbonyl (C=O) groups is 1. The first kappa shape index (κ1) is 29.2. The molecule has 0 aromatic heterocycles. The molecule has 2 aromatic rings. The summed E-state index contributed by atoms with van der Waals surface area (Å²) in [6.07, 6.45) is 14.2. The zero-order valence-electron chi connectivity index (χ0n) is 23.3. The molecule has 1 aliphatic rings. The number of unbranched alkanes of at least 4 members (excludes halogenated alkanes) is 7. The standard InChI is InChI=1S/C33H44N2O3/c1-3-5-6-7-8-9-10-13-28-38-32-22-18-30(19-23-32)15-12-11-14-29-16-20-31(21-17-29)34-24-26-35(27-25-34)33(36)37-4-2/h12,15-23H,3-10,13,24-28H2,1-2H3/b15-12+. The predicted octanol–water partition coefficient (Wildman–Crippen LogP) is 7.55. The van der Waals surface area contributed by atoms with Crippen molar-refractivity contribution in [3.8, 4) is 17.6 Å². The molecule has 2 aromatic carbocycles. The van der Waals surface area contributed by atoms with Crippen LogP contribution >= 0.6 is 0 Å². The Bertz CT molecular complexity index is 1030. The van der Waals surface area contributed by atoms with Gasteiger partial charge in [0.1, 0.15) is 5.75 Å². The number of anilines is 1. The summed E-state index contributed by atoms with van der Waals surface area (Å²) in [7, 11) is 0. The van der Waals surface area contributed by atoms with Crippen LogP contribution in [0, 0.1) is 11.8 Å². The third kappa shape index (κ3) is 10.5. The monoisotopic (exact) mass is 516 g/mol. The van der Waals surface area contributed by atoms with E-state index in [0.717, 1.165) is 48.7 Å². The summed E-state index contributed by atoms with van der Waals surface area (Å²) in [6.45, 7) is 8.26. The molecule has 0 spiro atoms. The Morgan fingerprint density at radius 1 is 0.842 bits per heavy atom. The van der Waals surface area contributed by atoms with E-state index in [9.17, 15) is 4.79 Å². The number of piperazine rings is 1.